The Morgan fingerprint density at radius 2 is 2.07 bits per heavy atom. The maximum absolute atomic E-state index is 12.6. The van der Waals surface area contributed by atoms with Gasteiger partial charge in [0.15, 0.2) is 10.9 Å². The van der Waals surface area contributed by atoms with Crippen molar-refractivity contribution < 1.29 is 18.9 Å². The summed E-state index contributed by atoms with van der Waals surface area (Å²) in [6, 6.07) is 9.20. The van der Waals surface area contributed by atoms with Gasteiger partial charge >= 0.3 is 0 Å². The van der Waals surface area contributed by atoms with Crippen molar-refractivity contribution in [2.24, 2.45) is 0 Å². The first-order chi connectivity index (χ1) is 14.0. The molecule has 3 heterocycles. The summed E-state index contributed by atoms with van der Waals surface area (Å²) >= 11 is 1.34. The number of fused-ring (bicyclic) bond motifs is 1. The molecule has 3 aromatic rings. The minimum absolute atomic E-state index is 0.00222. The Bertz CT molecular complexity index is 1060. The summed E-state index contributed by atoms with van der Waals surface area (Å²) in [6.45, 7) is 0.962. The molecular weight excluding hydrogens is 396 g/mol. The molecule has 0 atom stereocenters. The van der Waals surface area contributed by atoms with Gasteiger partial charge < -0.3 is 9.32 Å². The second-order valence-corrected chi connectivity index (χ2v) is 7.57. The first-order valence-electron chi connectivity index (χ1n) is 8.84. The fourth-order valence-corrected chi connectivity index (χ4v) is 4.07. The number of nitro groups is 1. The maximum Gasteiger partial charge on any atom is 0.293 e. The lowest BCUT2D eigenvalue weighted by atomic mass is 10.1. The molecule has 1 aromatic carbocycles. The SMILES string of the molecule is O=C(Nc1nc2c(s1)CN(C(=O)Cc1ccc([N+](=O)[O-])cc1)CC2)c1ccco1. The van der Waals surface area contributed by atoms with Crippen molar-refractivity contribution in [2.75, 3.05) is 11.9 Å². The Balaban J connectivity index is 1.39. The van der Waals surface area contributed by atoms with Gasteiger partial charge in [0.2, 0.25) is 5.91 Å². The number of thiazole rings is 1. The van der Waals surface area contributed by atoms with Crippen LogP contribution in [0.4, 0.5) is 10.8 Å². The average Bonchev–Trinajstić information content (AvgIpc) is 3.37. The number of nitro benzene ring substituents is 1. The highest BCUT2D eigenvalue weighted by molar-refractivity contribution is 7.15. The highest BCUT2D eigenvalue weighted by Gasteiger charge is 2.25. The second-order valence-electron chi connectivity index (χ2n) is 6.49. The zero-order valence-electron chi connectivity index (χ0n) is 15.2. The van der Waals surface area contributed by atoms with E-state index in [9.17, 15) is 19.7 Å². The number of furan rings is 1. The second kappa shape index (κ2) is 7.84. The molecular formula is C19H16N4O5S. The van der Waals surface area contributed by atoms with E-state index in [1.807, 2.05) is 0 Å². The Morgan fingerprint density at radius 3 is 2.76 bits per heavy atom. The molecule has 0 saturated heterocycles. The maximum atomic E-state index is 12.6. The van der Waals surface area contributed by atoms with Crippen LogP contribution in [0.15, 0.2) is 47.1 Å². The van der Waals surface area contributed by atoms with Crippen molar-refractivity contribution >= 4 is 34.0 Å². The third kappa shape index (κ3) is 4.16. The minimum atomic E-state index is -0.468. The Morgan fingerprint density at radius 1 is 1.28 bits per heavy atom. The fourth-order valence-electron chi connectivity index (χ4n) is 3.05. The van der Waals surface area contributed by atoms with E-state index >= 15 is 0 Å². The Kier molecular flexibility index (Phi) is 5.09. The predicted octanol–water partition coefficient (Wildman–Crippen LogP) is 3.02. The predicted molar refractivity (Wildman–Crippen MR) is 105 cm³/mol. The molecule has 0 radical (unpaired) electrons. The normalized spacial score (nSPS) is 13.0. The van der Waals surface area contributed by atoms with Crippen LogP contribution < -0.4 is 5.32 Å². The van der Waals surface area contributed by atoms with Crippen LogP contribution in [0.2, 0.25) is 0 Å². The van der Waals surface area contributed by atoms with Crippen LogP contribution in [0, 0.1) is 10.1 Å². The minimum Gasteiger partial charge on any atom is -0.459 e. The van der Waals surface area contributed by atoms with Gasteiger partial charge in [-0.25, -0.2) is 4.98 Å². The molecule has 148 valence electrons. The number of benzene rings is 1. The number of hydrogen-bond donors (Lipinski definition) is 1. The lowest BCUT2D eigenvalue weighted by Crippen LogP contribution is -2.36. The molecule has 1 aliphatic rings. The van der Waals surface area contributed by atoms with E-state index in [1.54, 1.807) is 29.2 Å². The molecule has 2 amide bonds. The topological polar surface area (TPSA) is 119 Å². The van der Waals surface area contributed by atoms with Gasteiger partial charge in [0, 0.05) is 30.0 Å². The van der Waals surface area contributed by atoms with Crippen molar-refractivity contribution in [2.45, 2.75) is 19.4 Å². The molecule has 2 aromatic heterocycles. The lowest BCUT2D eigenvalue weighted by molar-refractivity contribution is -0.384. The highest BCUT2D eigenvalue weighted by Crippen LogP contribution is 2.29. The largest absolute Gasteiger partial charge is 0.459 e. The van der Waals surface area contributed by atoms with Crippen LogP contribution in [-0.4, -0.2) is 33.2 Å². The lowest BCUT2D eigenvalue weighted by Gasteiger charge is -2.26. The molecule has 10 heteroatoms. The fraction of sp³-hybridized carbons (Fsp3) is 0.211. The number of nitrogens with one attached hydrogen (secondary N) is 1. The van der Waals surface area contributed by atoms with Crippen molar-refractivity contribution in [1.82, 2.24) is 9.88 Å². The van der Waals surface area contributed by atoms with Gasteiger partial charge in [-0.05, 0) is 17.7 Å². The van der Waals surface area contributed by atoms with Crippen LogP contribution in [0.5, 0.6) is 0 Å². The van der Waals surface area contributed by atoms with E-state index in [1.165, 1.54) is 29.7 Å². The number of rotatable bonds is 5. The van der Waals surface area contributed by atoms with Gasteiger partial charge in [-0.3, -0.25) is 25.0 Å². The monoisotopic (exact) mass is 412 g/mol. The number of carbonyl (C=O) groups is 2. The summed E-state index contributed by atoms with van der Waals surface area (Å²) in [5, 5.41) is 13.9. The summed E-state index contributed by atoms with van der Waals surface area (Å²) < 4.78 is 5.07. The first kappa shape index (κ1) is 18.8. The third-order valence-electron chi connectivity index (χ3n) is 4.55. The summed E-state index contributed by atoms with van der Waals surface area (Å²) in [7, 11) is 0. The van der Waals surface area contributed by atoms with Crippen LogP contribution in [0.3, 0.4) is 0 Å². The molecule has 0 unspecified atom stereocenters. The van der Waals surface area contributed by atoms with Crippen molar-refractivity contribution in [3.05, 3.63) is 74.7 Å². The van der Waals surface area contributed by atoms with Crippen molar-refractivity contribution in [1.29, 1.82) is 0 Å². The molecule has 0 aliphatic carbocycles. The van der Waals surface area contributed by atoms with E-state index in [4.69, 9.17) is 4.42 Å². The molecule has 29 heavy (non-hydrogen) atoms. The first-order valence-corrected chi connectivity index (χ1v) is 9.66. The molecule has 0 bridgehead atoms. The number of aromatic nitrogens is 1. The number of anilines is 1. The van der Waals surface area contributed by atoms with Gasteiger partial charge in [0.1, 0.15) is 0 Å². The van der Waals surface area contributed by atoms with Gasteiger partial charge in [-0.2, -0.15) is 0 Å². The molecule has 0 saturated carbocycles. The summed E-state index contributed by atoms with van der Waals surface area (Å²) in [6.07, 6.45) is 2.21. The smallest absolute Gasteiger partial charge is 0.293 e. The van der Waals surface area contributed by atoms with E-state index in [0.717, 1.165) is 16.1 Å². The molecule has 1 N–H and O–H groups in total. The van der Waals surface area contributed by atoms with E-state index < -0.39 is 4.92 Å². The Labute approximate surface area is 169 Å². The van der Waals surface area contributed by atoms with Crippen molar-refractivity contribution in [3.8, 4) is 0 Å². The Hall–Kier alpha value is -3.53. The summed E-state index contributed by atoms with van der Waals surface area (Å²) in [5.41, 5.74) is 1.60. The summed E-state index contributed by atoms with van der Waals surface area (Å²) in [5.74, 6) is -0.218. The zero-order valence-corrected chi connectivity index (χ0v) is 16.0. The molecule has 9 nitrogen and oxygen atoms in total. The number of hydrogen-bond acceptors (Lipinski definition) is 7. The standard InChI is InChI=1S/C19H16N4O5S/c24-17(10-12-3-5-13(6-4-12)23(26)27)22-8-7-14-16(11-22)29-19(20-14)21-18(25)15-2-1-9-28-15/h1-6,9H,7-8,10-11H2,(H,20,21,25). The molecule has 4 rings (SSSR count). The summed E-state index contributed by atoms with van der Waals surface area (Å²) in [4.78, 5) is 42.1. The average molecular weight is 412 g/mol. The van der Waals surface area contributed by atoms with Gasteiger partial charge in [0.25, 0.3) is 11.6 Å². The van der Waals surface area contributed by atoms with Crippen molar-refractivity contribution in [3.63, 3.8) is 0 Å². The zero-order chi connectivity index (χ0) is 20.4. The highest BCUT2D eigenvalue weighted by atomic mass is 32.1. The molecule has 1 aliphatic heterocycles. The van der Waals surface area contributed by atoms with Crippen LogP contribution >= 0.6 is 11.3 Å². The van der Waals surface area contributed by atoms with E-state index in [-0.39, 0.29) is 29.7 Å². The van der Waals surface area contributed by atoms with E-state index in [0.29, 0.717) is 24.6 Å². The quantitative estimate of drug-likeness (QED) is 0.508. The van der Waals surface area contributed by atoms with Gasteiger partial charge in [0.05, 0.1) is 29.8 Å². The van der Waals surface area contributed by atoms with Crippen LogP contribution in [-0.2, 0) is 24.2 Å². The van der Waals surface area contributed by atoms with Crippen LogP contribution in [0.1, 0.15) is 26.7 Å². The number of amides is 2. The van der Waals surface area contributed by atoms with Crippen LogP contribution in [0.25, 0.3) is 0 Å². The molecule has 0 fully saturated rings. The number of non-ortho nitro benzene ring substituents is 1. The molecule has 0 spiro atoms. The third-order valence-corrected chi connectivity index (χ3v) is 5.55. The number of nitrogens with zero attached hydrogens (tertiary/aromatic N) is 3. The van der Waals surface area contributed by atoms with E-state index in [2.05, 4.69) is 10.3 Å². The number of carbonyl (C=O) groups excluding carboxylic acids is 2. The van der Waals surface area contributed by atoms with Gasteiger partial charge in [-0.1, -0.05) is 23.5 Å². The van der Waals surface area contributed by atoms with Gasteiger partial charge in [-0.15, -0.1) is 0 Å².